The zero-order valence-electron chi connectivity index (χ0n) is 9.73. The molecule has 0 radical (unpaired) electrons. The van der Waals surface area contributed by atoms with Crippen molar-refractivity contribution in [1.82, 2.24) is 4.98 Å². The third kappa shape index (κ3) is 3.38. The van der Waals surface area contributed by atoms with Crippen LogP contribution in [0.5, 0.6) is 0 Å². The molecule has 88 valence electrons. The Kier molecular flexibility index (Phi) is 3.92. The Morgan fingerprint density at radius 1 is 1.35 bits per heavy atom. The Balaban J connectivity index is 2.17. The summed E-state index contributed by atoms with van der Waals surface area (Å²) in [7, 11) is 0. The Morgan fingerprint density at radius 2 is 2.18 bits per heavy atom. The molecule has 1 aromatic carbocycles. The third-order valence-corrected chi connectivity index (χ3v) is 3.13. The van der Waals surface area contributed by atoms with Gasteiger partial charge in [0.05, 0.1) is 0 Å². The largest absolute Gasteiger partial charge is 0.324 e. The highest BCUT2D eigenvalue weighted by atomic mass is 79.9. The normalized spacial score (nSPS) is 12.4. The van der Waals surface area contributed by atoms with E-state index in [1.165, 1.54) is 5.56 Å². The SMILES string of the molecule is Cc1cc(Br)cc(C(N)Cc2cccnc2)c1. The van der Waals surface area contributed by atoms with Crippen LogP contribution < -0.4 is 5.73 Å². The van der Waals surface area contributed by atoms with Crippen LogP contribution in [0.4, 0.5) is 0 Å². The molecule has 3 heteroatoms. The summed E-state index contributed by atoms with van der Waals surface area (Å²) in [5.41, 5.74) is 9.75. The Labute approximate surface area is 110 Å². The fourth-order valence-corrected chi connectivity index (χ4v) is 2.49. The molecule has 0 saturated heterocycles. The van der Waals surface area contributed by atoms with Crippen LogP contribution in [0.25, 0.3) is 0 Å². The first kappa shape index (κ1) is 12.3. The van der Waals surface area contributed by atoms with Gasteiger partial charge in [-0.2, -0.15) is 0 Å². The van der Waals surface area contributed by atoms with Gasteiger partial charge in [-0.3, -0.25) is 4.98 Å². The maximum Gasteiger partial charge on any atom is 0.0336 e. The summed E-state index contributed by atoms with van der Waals surface area (Å²) in [5, 5.41) is 0. The van der Waals surface area contributed by atoms with E-state index >= 15 is 0 Å². The van der Waals surface area contributed by atoms with Gasteiger partial charge in [-0.15, -0.1) is 0 Å². The lowest BCUT2D eigenvalue weighted by atomic mass is 9.99. The van der Waals surface area contributed by atoms with E-state index < -0.39 is 0 Å². The smallest absolute Gasteiger partial charge is 0.0336 e. The number of halogens is 1. The van der Waals surface area contributed by atoms with E-state index in [1.54, 1.807) is 6.20 Å². The second-order valence-corrected chi connectivity index (χ2v) is 5.15. The summed E-state index contributed by atoms with van der Waals surface area (Å²) < 4.78 is 1.08. The molecule has 0 spiro atoms. The Bertz CT molecular complexity index is 477. The van der Waals surface area contributed by atoms with E-state index in [9.17, 15) is 0 Å². The van der Waals surface area contributed by atoms with Crippen molar-refractivity contribution in [3.63, 3.8) is 0 Å². The van der Waals surface area contributed by atoms with E-state index in [-0.39, 0.29) is 6.04 Å². The van der Waals surface area contributed by atoms with Crippen LogP contribution in [0, 0.1) is 6.92 Å². The molecule has 2 N–H and O–H groups in total. The van der Waals surface area contributed by atoms with Crippen LogP contribution in [0.3, 0.4) is 0 Å². The van der Waals surface area contributed by atoms with E-state index in [0.717, 1.165) is 22.0 Å². The van der Waals surface area contributed by atoms with Gasteiger partial charge in [0.25, 0.3) is 0 Å². The zero-order chi connectivity index (χ0) is 12.3. The number of pyridine rings is 1. The van der Waals surface area contributed by atoms with E-state index in [4.69, 9.17) is 5.73 Å². The number of aryl methyl sites for hydroxylation is 1. The first-order valence-corrected chi connectivity index (χ1v) is 6.36. The van der Waals surface area contributed by atoms with Crippen LogP contribution in [-0.2, 0) is 6.42 Å². The van der Waals surface area contributed by atoms with Crippen molar-refractivity contribution in [1.29, 1.82) is 0 Å². The second-order valence-electron chi connectivity index (χ2n) is 4.23. The maximum atomic E-state index is 6.22. The van der Waals surface area contributed by atoms with Crippen LogP contribution >= 0.6 is 15.9 Å². The quantitative estimate of drug-likeness (QED) is 0.941. The van der Waals surface area contributed by atoms with Crippen molar-refractivity contribution in [2.45, 2.75) is 19.4 Å². The van der Waals surface area contributed by atoms with E-state index in [2.05, 4.69) is 52.1 Å². The van der Waals surface area contributed by atoms with Gasteiger partial charge in [0.15, 0.2) is 0 Å². The maximum absolute atomic E-state index is 6.22. The molecule has 17 heavy (non-hydrogen) atoms. The third-order valence-electron chi connectivity index (χ3n) is 2.67. The number of benzene rings is 1. The van der Waals surface area contributed by atoms with Gasteiger partial charge in [-0.25, -0.2) is 0 Å². The van der Waals surface area contributed by atoms with Gasteiger partial charge in [0.2, 0.25) is 0 Å². The van der Waals surface area contributed by atoms with E-state index in [0.29, 0.717) is 0 Å². The molecular weight excluding hydrogens is 276 g/mol. The molecule has 1 aromatic heterocycles. The van der Waals surface area contributed by atoms with Crippen LogP contribution in [-0.4, -0.2) is 4.98 Å². The fraction of sp³-hybridized carbons (Fsp3) is 0.214. The summed E-state index contributed by atoms with van der Waals surface area (Å²) in [6, 6.07) is 10.3. The number of rotatable bonds is 3. The molecule has 1 atom stereocenters. The molecule has 0 saturated carbocycles. The van der Waals surface area contributed by atoms with Crippen molar-refractivity contribution < 1.29 is 0 Å². The summed E-state index contributed by atoms with van der Waals surface area (Å²) >= 11 is 3.50. The Morgan fingerprint density at radius 3 is 2.82 bits per heavy atom. The number of nitrogens with zero attached hydrogens (tertiary/aromatic N) is 1. The van der Waals surface area contributed by atoms with Gasteiger partial charge < -0.3 is 5.73 Å². The fourth-order valence-electron chi connectivity index (χ4n) is 1.87. The highest BCUT2D eigenvalue weighted by Crippen LogP contribution is 2.21. The summed E-state index contributed by atoms with van der Waals surface area (Å²) in [6.45, 7) is 2.07. The average Bonchev–Trinajstić information content (AvgIpc) is 2.29. The minimum absolute atomic E-state index is 0.00963. The molecule has 0 bridgehead atoms. The summed E-state index contributed by atoms with van der Waals surface area (Å²) in [5.74, 6) is 0. The number of hydrogen-bond donors (Lipinski definition) is 1. The standard InChI is InChI=1S/C14H15BrN2/c1-10-5-12(8-13(15)6-10)14(16)7-11-3-2-4-17-9-11/h2-6,8-9,14H,7,16H2,1H3. The minimum Gasteiger partial charge on any atom is -0.324 e. The summed E-state index contributed by atoms with van der Waals surface area (Å²) in [6.07, 6.45) is 4.45. The Hall–Kier alpha value is -1.19. The molecule has 1 heterocycles. The van der Waals surface area contributed by atoms with Crippen molar-refractivity contribution >= 4 is 15.9 Å². The van der Waals surface area contributed by atoms with Crippen LogP contribution in [0.1, 0.15) is 22.7 Å². The monoisotopic (exact) mass is 290 g/mol. The predicted octanol–water partition coefficient (Wildman–Crippen LogP) is 3.40. The summed E-state index contributed by atoms with van der Waals surface area (Å²) in [4.78, 5) is 4.10. The van der Waals surface area contributed by atoms with Gasteiger partial charge in [0.1, 0.15) is 0 Å². The van der Waals surface area contributed by atoms with Crippen molar-refractivity contribution in [2.24, 2.45) is 5.73 Å². The van der Waals surface area contributed by atoms with E-state index in [1.807, 2.05) is 12.3 Å². The van der Waals surface area contributed by atoms with Gasteiger partial charge in [-0.05, 0) is 48.2 Å². The lowest BCUT2D eigenvalue weighted by Gasteiger charge is -2.13. The lowest BCUT2D eigenvalue weighted by molar-refractivity contribution is 0.718. The molecule has 2 rings (SSSR count). The predicted molar refractivity (Wildman–Crippen MR) is 73.7 cm³/mol. The number of hydrogen-bond acceptors (Lipinski definition) is 2. The van der Waals surface area contributed by atoms with Gasteiger partial charge >= 0.3 is 0 Å². The molecule has 0 aliphatic carbocycles. The van der Waals surface area contributed by atoms with Gasteiger partial charge in [-0.1, -0.05) is 28.1 Å². The van der Waals surface area contributed by atoms with Crippen molar-refractivity contribution in [3.05, 3.63) is 63.9 Å². The van der Waals surface area contributed by atoms with Crippen LogP contribution in [0.15, 0.2) is 47.2 Å². The first-order valence-electron chi connectivity index (χ1n) is 5.57. The van der Waals surface area contributed by atoms with Gasteiger partial charge in [0, 0.05) is 22.9 Å². The molecular formula is C14H15BrN2. The van der Waals surface area contributed by atoms with Crippen molar-refractivity contribution in [3.8, 4) is 0 Å². The second kappa shape index (κ2) is 5.43. The minimum atomic E-state index is 0.00963. The molecule has 0 aliphatic heterocycles. The first-order chi connectivity index (χ1) is 8.15. The van der Waals surface area contributed by atoms with Crippen molar-refractivity contribution in [2.75, 3.05) is 0 Å². The molecule has 1 unspecified atom stereocenters. The number of aromatic nitrogens is 1. The highest BCUT2D eigenvalue weighted by molar-refractivity contribution is 9.10. The molecule has 2 aromatic rings. The highest BCUT2D eigenvalue weighted by Gasteiger charge is 2.08. The lowest BCUT2D eigenvalue weighted by Crippen LogP contribution is -2.13. The molecule has 0 amide bonds. The van der Waals surface area contributed by atoms with Crippen LogP contribution in [0.2, 0.25) is 0 Å². The zero-order valence-corrected chi connectivity index (χ0v) is 11.3. The molecule has 2 nitrogen and oxygen atoms in total. The topological polar surface area (TPSA) is 38.9 Å². The number of nitrogens with two attached hydrogens (primary N) is 1. The molecule has 0 aliphatic rings. The molecule has 0 fully saturated rings. The average molecular weight is 291 g/mol.